The van der Waals surface area contributed by atoms with Crippen LogP contribution in [0.25, 0.3) is 0 Å². The molecule has 0 bridgehead atoms. The summed E-state index contributed by atoms with van der Waals surface area (Å²) in [7, 11) is 0. The molecule has 2 rings (SSSR count). The van der Waals surface area contributed by atoms with Gasteiger partial charge in [0.2, 0.25) is 0 Å². The average Bonchev–Trinajstić information content (AvgIpc) is 2.44. The minimum Gasteiger partial charge on any atom is -0.486 e. The van der Waals surface area contributed by atoms with Crippen LogP contribution in [-0.2, 0) is 10.2 Å². The molecule has 0 N–H and O–H groups in total. The van der Waals surface area contributed by atoms with E-state index in [4.69, 9.17) is 9.47 Å². The van der Waals surface area contributed by atoms with E-state index < -0.39 is 0 Å². The number of Topliss-reactive ketones (excluding diaryl/α,β-unsaturated/α-hetero) is 1. The van der Waals surface area contributed by atoms with Crippen molar-refractivity contribution < 1.29 is 14.3 Å². The van der Waals surface area contributed by atoms with Crippen molar-refractivity contribution in [3.8, 4) is 11.5 Å². The lowest BCUT2D eigenvalue weighted by Gasteiger charge is -2.31. The quantitative estimate of drug-likeness (QED) is 0.814. The number of carbonyl (C=O) groups excluding carboxylic acids is 1. The number of ether oxygens (including phenoxy) is 2. The van der Waals surface area contributed by atoms with Gasteiger partial charge in [-0.05, 0) is 37.5 Å². The summed E-state index contributed by atoms with van der Waals surface area (Å²) < 4.78 is 11.2. The van der Waals surface area contributed by atoms with Crippen LogP contribution in [0, 0.1) is 0 Å². The first-order valence-corrected chi connectivity index (χ1v) is 7.05. The number of fused-ring (bicyclic) bond motifs is 1. The molecular weight excluding hydrogens is 240 g/mol. The molecule has 0 aliphatic carbocycles. The van der Waals surface area contributed by atoms with E-state index in [2.05, 4.69) is 13.8 Å². The lowest BCUT2D eigenvalue weighted by Crippen LogP contribution is -2.33. The van der Waals surface area contributed by atoms with Gasteiger partial charge in [0.15, 0.2) is 11.5 Å². The zero-order valence-corrected chi connectivity index (χ0v) is 12.0. The maximum Gasteiger partial charge on any atom is 0.161 e. The largest absolute Gasteiger partial charge is 0.486 e. The normalized spacial score (nSPS) is 16.8. The lowest BCUT2D eigenvalue weighted by molar-refractivity contribution is -0.122. The van der Waals surface area contributed by atoms with E-state index in [0.29, 0.717) is 13.2 Å². The van der Waals surface area contributed by atoms with Crippen molar-refractivity contribution in [1.82, 2.24) is 0 Å². The fourth-order valence-corrected chi connectivity index (χ4v) is 2.92. The van der Waals surface area contributed by atoms with Gasteiger partial charge in [0.05, 0.1) is 5.41 Å². The first-order valence-electron chi connectivity index (χ1n) is 7.05. The van der Waals surface area contributed by atoms with Crippen molar-refractivity contribution in [2.75, 3.05) is 13.2 Å². The van der Waals surface area contributed by atoms with Crippen LogP contribution in [0.3, 0.4) is 0 Å². The molecule has 0 saturated carbocycles. The maximum atomic E-state index is 12.2. The molecule has 0 saturated heterocycles. The first-order chi connectivity index (χ1) is 9.14. The third-order valence-corrected chi connectivity index (χ3v) is 4.05. The van der Waals surface area contributed by atoms with Crippen molar-refractivity contribution in [3.05, 3.63) is 23.8 Å². The summed E-state index contributed by atoms with van der Waals surface area (Å²) in [4.78, 5) is 12.2. The monoisotopic (exact) mass is 262 g/mol. The maximum absolute atomic E-state index is 12.2. The minimum absolute atomic E-state index is 0.230. The molecular formula is C16H22O3. The SMILES string of the molecule is CCCC(CC)(C(C)=O)c1ccc2c(c1)OCCO2. The van der Waals surface area contributed by atoms with E-state index in [0.717, 1.165) is 36.3 Å². The van der Waals surface area contributed by atoms with Crippen LogP contribution in [0.5, 0.6) is 11.5 Å². The molecule has 1 aliphatic rings. The Balaban J connectivity index is 2.44. The van der Waals surface area contributed by atoms with Gasteiger partial charge in [-0.1, -0.05) is 26.3 Å². The van der Waals surface area contributed by atoms with Crippen LogP contribution < -0.4 is 9.47 Å². The van der Waals surface area contributed by atoms with E-state index >= 15 is 0 Å². The highest BCUT2D eigenvalue weighted by Gasteiger charge is 2.35. The predicted molar refractivity (Wildman–Crippen MR) is 75.0 cm³/mol. The fraction of sp³-hybridized carbons (Fsp3) is 0.562. The Bertz CT molecular complexity index is 467. The smallest absolute Gasteiger partial charge is 0.161 e. The van der Waals surface area contributed by atoms with Crippen LogP contribution in [-0.4, -0.2) is 19.0 Å². The summed E-state index contributed by atoms with van der Waals surface area (Å²) >= 11 is 0. The number of hydrogen-bond acceptors (Lipinski definition) is 3. The van der Waals surface area contributed by atoms with Gasteiger partial charge < -0.3 is 9.47 Å². The van der Waals surface area contributed by atoms with Gasteiger partial charge in [-0.3, -0.25) is 4.79 Å². The second kappa shape index (κ2) is 5.64. The van der Waals surface area contributed by atoms with Gasteiger partial charge in [0, 0.05) is 0 Å². The zero-order valence-electron chi connectivity index (χ0n) is 12.0. The van der Waals surface area contributed by atoms with Crippen LogP contribution >= 0.6 is 0 Å². The van der Waals surface area contributed by atoms with E-state index in [9.17, 15) is 4.79 Å². The highest BCUT2D eigenvalue weighted by atomic mass is 16.6. The zero-order chi connectivity index (χ0) is 13.9. The molecule has 1 unspecified atom stereocenters. The van der Waals surface area contributed by atoms with Crippen molar-refractivity contribution in [1.29, 1.82) is 0 Å². The topological polar surface area (TPSA) is 35.5 Å². The highest BCUT2D eigenvalue weighted by Crippen LogP contribution is 2.39. The molecule has 1 aliphatic heterocycles. The van der Waals surface area contributed by atoms with Crippen molar-refractivity contribution in [3.63, 3.8) is 0 Å². The molecule has 104 valence electrons. The second-order valence-electron chi connectivity index (χ2n) is 5.10. The summed E-state index contributed by atoms with van der Waals surface area (Å²) in [5, 5.41) is 0. The standard InChI is InChI=1S/C16H22O3/c1-4-8-16(5-2,12(3)17)13-6-7-14-15(11-13)19-10-9-18-14/h6-7,11H,4-5,8-10H2,1-3H3. The van der Waals surface area contributed by atoms with Gasteiger partial charge in [0.25, 0.3) is 0 Å². The number of benzene rings is 1. The molecule has 3 nitrogen and oxygen atoms in total. The molecule has 1 heterocycles. The van der Waals surface area contributed by atoms with Crippen LogP contribution in [0.15, 0.2) is 18.2 Å². The Morgan fingerprint density at radius 1 is 1.21 bits per heavy atom. The van der Waals surface area contributed by atoms with Gasteiger partial charge in [-0.2, -0.15) is 0 Å². The lowest BCUT2D eigenvalue weighted by atomic mass is 9.72. The van der Waals surface area contributed by atoms with E-state index in [1.165, 1.54) is 0 Å². The molecule has 0 spiro atoms. The molecule has 19 heavy (non-hydrogen) atoms. The van der Waals surface area contributed by atoms with E-state index in [1.54, 1.807) is 6.92 Å². The summed E-state index contributed by atoms with van der Waals surface area (Å²) in [6.07, 6.45) is 2.68. The van der Waals surface area contributed by atoms with Gasteiger partial charge >= 0.3 is 0 Å². The summed E-state index contributed by atoms with van der Waals surface area (Å²) in [6.45, 7) is 7.05. The molecule has 0 amide bonds. The van der Waals surface area contributed by atoms with Crippen molar-refractivity contribution >= 4 is 5.78 Å². The van der Waals surface area contributed by atoms with Crippen molar-refractivity contribution in [2.24, 2.45) is 0 Å². The average molecular weight is 262 g/mol. The number of carbonyl (C=O) groups is 1. The Labute approximate surface area is 114 Å². The molecule has 3 heteroatoms. The van der Waals surface area contributed by atoms with Crippen LogP contribution in [0.1, 0.15) is 45.6 Å². The molecule has 1 aromatic rings. The molecule has 0 aromatic heterocycles. The molecule has 1 atom stereocenters. The van der Waals surface area contributed by atoms with Crippen molar-refractivity contribution in [2.45, 2.75) is 45.4 Å². The third kappa shape index (κ3) is 2.46. The third-order valence-electron chi connectivity index (χ3n) is 4.05. The Morgan fingerprint density at radius 2 is 1.89 bits per heavy atom. The number of hydrogen-bond donors (Lipinski definition) is 0. The minimum atomic E-state index is -0.384. The van der Waals surface area contributed by atoms with Crippen LogP contribution in [0.2, 0.25) is 0 Å². The van der Waals surface area contributed by atoms with E-state index in [1.807, 2.05) is 18.2 Å². The molecule has 0 fully saturated rings. The summed E-state index contributed by atoms with van der Waals surface area (Å²) in [5.41, 5.74) is 0.665. The molecule has 0 radical (unpaired) electrons. The second-order valence-corrected chi connectivity index (χ2v) is 5.10. The molecule has 1 aromatic carbocycles. The number of ketones is 1. The predicted octanol–water partition coefficient (Wildman–Crippen LogP) is 3.49. The Kier molecular flexibility index (Phi) is 4.13. The van der Waals surface area contributed by atoms with E-state index in [-0.39, 0.29) is 11.2 Å². The fourth-order valence-electron chi connectivity index (χ4n) is 2.92. The van der Waals surface area contributed by atoms with Gasteiger partial charge in [0.1, 0.15) is 19.0 Å². The number of rotatable bonds is 5. The van der Waals surface area contributed by atoms with Crippen LogP contribution in [0.4, 0.5) is 0 Å². The van der Waals surface area contributed by atoms with Gasteiger partial charge in [-0.25, -0.2) is 0 Å². The summed E-state index contributed by atoms with van der Waals surface area (Å²) in [6, 6.07) is 5.91. The Morgan fingerprint density at radius 3 is 2.47 bits per heavy atom. The highest BCUT2D eigenvalue weighted by molar-refractivity contribution is 5.88. The van der Waals surface area contributed by atoms with Gasteiger partial charge in [-0.15, -0.1) is 0 Å². The first kappa shape index (κ1) is 13.9. The Hall–Kier alpha value is -1.51. The summed E-state index contributed by atoms with van der Waals surface area (Å²) in [5.74, 6) is 1.77.